The number of nitrogens with zero attached hydrogens (tertiary/aromatic N) is 2. The first-order valence-electron chi connectivity index (χ1n) is 3.44. The zero-order valence-electron chi connectivity index (χ0n) is 6.54. The summed E-state index contributed by atoms with van der Waals surface area (Å²) in [5.74, 6) is 3.47. The number of rotatable bonds is 2. The molecule has 0 aliphatic rings. The van der Waals surface area contributed by atoms with Crippen molar-refractivity contribution in [2.75, 3.05) is 0 Å². The summed E-state index contributed by atoms with van der Waals surface area (Å²) in [7, 11) is 0. The van der Waals surface area contributed by atoms with Crippen molar-refractivity contribution in [3.05, 3.63) is 17.7 Å². The Morgan fingerprint density at radius 3 is 3.09 bits per heavy atom. The molecule has 0 aliphatic carbocycles. The molecule has 0 unspecified atom stereocenters. The first kappa shape index (κ1) is 7.83. The summed E-state index contributed by atoms with van der Waals surface area (Å²) in [6.07, 6.45) is 6.93. The lowest BCUT2D eigenvalue weighted by atomic mass is 10.4. The number of hydrogen-bond donors (Lipinski definition) is 1. The van der Waals surface area contributed by atoms with E-state index in [1.165, 1.54) is 0 Å². The molecule has 0 amide bonds. The Labute approximate surface area is 66.2 Å². The van der Waals surface area contributed by atoms with E-state index in [4.69, 9.17) is 12.2 Å². The van der Waals surface area contributed by atoms with Crippen LogP contribution in [-0.2, 0) is 13.1 Å². The molecule has 3 nitrogen and oxygen atoms in total. The average Bonchev–Trinajstić information content (AvgIpc) is 2.34. The van der Waals surface area contributed by atoms with Gasteiger partial charge in [-0.25, -0.2) is 4.98 Å². The maximum atomic E-state index is 5.46. The van der Waals surface area contributed by atoms with E-state index < -0.39 is 0 Å². The van der Waals surface area contributed by atoms with Gasteiger partial charge in [0.1, 0.15) is 5.82 Å². The van der Waals surface area contributed by atoms with Gasteiger partial charge in [0.2, 0.25) is 0 Å². The van der Waals surface area contributed by atoms with Crippen molar-refractivity contribution in [3.8, 4) is 12.3 Å². The van der Waals surface area contributed by atoms with Gasteiger partial charge in [0.05, 0.1) is 12.2 Å². The predicted octanol–water partition coefficient (Wildman–Crippen LogP) is 0.283. The SMILES string of the molecule is C#CCn1c(CN)cnc1C. The highest BCUT2D eigenvalue weighted by molar-refractivity contribution is 5.06. The molecule has 1 heterocycles. The van der Waals surface area contributed by atoms with E-state index in [2.05, 4.69) is 10.9 Å². The molecule has 1 aromatic heterocycles. The Morgan fingerprint density at radius 1 is 1.82 bits per heavy atom. The van der Waals surface area contributed by atoms with Crippen molar-refractivity contribution >= 4 is 0 Å². The topological polar surface area (TPSA) is 43.8 Å². The first-order chi connectivity index (χ1) is 5.29. The van der Waals surface area contributed by atoms with Crippen LogP contribution in [0.15, 0.2) is 6.20 Å². The minimum atomic E-state index is 0.489. The van der Waals surface area contributed by atoms with Gasteiger partial charge in [-0.3, -0.25) is 0 Å². The molecule has 1 rings (SSSR count). The highest BCUT2D eigenvalue weighted by Gasteiger charge is 2.01. The van der Waals surface area contributed by atoms with Crippen LogP contribution in [0.1, 0.15) is 11.5 Å². The van der Waals surface area contributed by atoms with E-state index in [1.807, 2.05) is 11.5 Å². The van der Waals surface area contributed by atoms with Crippen molar-refractivity contribution < 1.29 is 0 Å². The number of terminal acetylenes is 1. The minimum absolute atomic E-state index is 0.489. The Bertz CT molecular complexity index is 280. The van der Waals surface area contributed by atoms with Crippen LogP contribution >= 0.6 is 0 Å². The van der Waals surface area contributed by atoms with E-state index in [0.717, 1.165) is 11.5 Å². The molecule has 0 bridgehead atoms. The van der Waals surface area contributed by atoms with Crippen LogP contribution in [0.5, 0.6) is 0 Å². The van der Waals surface area contributed by atoms with Gasteiger partial charge in [0.15, 0.2) is 0 Å². The molecule has 1 aromatic rings. The highest BCUT2D eigenvalue weighted by Crippen LogP contribution is 2.02. The zero-order valence-corrected chi connectivity index (χ0v) is 6.54. The second kappa shape index (κ2) is 3.22. The molecule has 0 saturated heterocycles. The van der Waals surface area contributed by atoms with Gasteiger partial charge >= 0.3 is 0 Å². The fraction of sp³-hybridized carbons (Fsp3) is 0.375. The van der Waals surface area contributed by atoms with Gasteiger partial charge in [0, 0.05) is 12.7 Å². The molecule has 2 N–H and O–H groups in total. The van der Waals surface area contributed by atoms with E-state index in [-0.39, 0.29) is 0 Å². The molecule has 58 valence electrons. The van der Waals surface area contributed by atoms with Crippen LogP contribution in [0.4, 0.5) is 0 Å². The second-order valence-electron chi connectivity index (χ2n) is 2.29. The Kier molecular flexibility index (Phi) is 2.29. The van der Waals surface area contributed by atoms with Gasteiger partial charge in [-0.15, -0.1) is 6.42 Å². The van der Waals surface area contributed by atoms with E-state index in [1.54, 1.807) is 6.20 Å². The predicted molar refractivity (Wildman–Crippen MR) is 43.7 cm³/mol. The fourth-order valence-electron chi connectivity index (χ4n) is 0.985. The molecular weight excluding hydrogens is 138 g/mol. The van der Waals surface area contributed by atoms with Gasteiger partial charge in [-0.05, 0) is 6.92 Å². The summed E-state index contributed by atoms with van der Waals surface area (Å²) in [6, 6.07) is 0. The Morgan fingerprint density at radius 2 is 2.55 bits per heavy atom. The summed E-state index contributed by atoms with van der Waals surface area (Å²) >= 11 is 0. The van der Waals surface area contributed by atoms with E-state index >= 15 is 0 Å². The molecule has 0 saturated carbocycles. The lowest BCUT2D eigenvalue weighted by Gasteiger charge is -2.02. The third kappa shape index (κ3) is 1.41. The largest absolute Gasteiger partial charge is 0.325 e. The summed E-state index contributed by atoms with van der Waals surface area (Å²) < 4.78 is 1.93. The quantitative estimate of drug-likeness (QED) is 0.614. The zero-order chi connectivity index (χ0) is 8.27. The van der Waals surface area contributed by atoms with Gasteiger partial charge in [-0.1, -0.05) is 5.92 Å². The van der Waals surface area contributed by atoms with Crippen molar-refractivity contribution in [1.29, 1.82) is 0 Å². The van der Waals surface area contributed by atoms with Crippen LogP contribution in [0.25, 0.3) is 0 Å². The van der Waals surface area contributed by atoms with Crippen LogP contribution < -0.4 is 5.73 Å². The summed E-state index contributed by atoms with van der Waals surface area (Å²) in [5.41, 5.74) is 6.45. The third-order valence-corrected chi connectivity index (χ3v) is 1.60. The highest BCUT2D eigenvalue weighted by atomic mass is 15.1. The molecule has 3 heteroatoms. The summed E-state index contributed by atoms with van der Waals surface area (Å²) in [4.78, 5) is 4.09. The molecule has 0 atom stereocenters. The van der Waals surface area contributed by atoms with E-state index in [0.29, 0.717) is 13.1 Å². The fourth-order valence-corrected chi connectivity index (χ4v) is 0.985. The number of hydrogen-bond acceptors (Lipinski definition) is 2. The molecule has 0 spiro atoms. The van der Waals surface area contributed by atoms with Gasteiger partial charge in [-0.2, -0.15) is 0 Å². The number of aromatic nitrogens is 2. The Balaban J connectivity index is 2.99. The summed E-state index contributed by atoms with van der Waals surface area (Å²) in [5, 5.41) is 0. The summed E-state index contributed by atoms with van der Waals surface area (Å²) in [6.45, 7) is 2.96. The second-order valence-corrected chi connectivity index (χ2v) is 2.29. The average molecular weight is 149 g/mol. The lowest BCUT2D eigenvalue weighted by molar-refractivity contribution is 0.741. The van der Waals surface area contributed by atoms with Crippen LogP contribution in [-0.4, -0.2) is 9.55 Å². The van der Waals surface area contributed by atoms with Crippen molar-refractivity contribution in [2.24, 2.45) is 5.73 Å². The monoisotopic (exact) mass is 149 g/mol. The Hall–Kier alpha value is -1.27. The number of nitrogens with two attached hydrogens (primary N) is 1. The van der Waals surface area contributed by atoms with Crippen LogP contribution in [0.3, 0.4) is 0 Å². The van der Waals surface area contributed by atoms with Crippen LogP contribution in [0.2, 0.25) is 0 Å². The molecule has 0 radical (unpaired) electrons. The van der Waals surface area contributed by atoms with Crippen molar-refractivity contribution in [3.63, 3.8) is 0 Å². The van der Waals surface area contributed by atoms with E-state index in [9.17, 15) is 0 Å². The maximum Gasteiger partial charge on any atom is 0.106 e. The smallest absolute Gasteiger partial charge is 0.106 e. The third-order valence-electron chi connectivity index (χ3n) is 1.60. The lowest BCUT2D eigenvalue weighted by Crippen LogP contribution is -2.07. The number of imidazole rings is 1. The molecule has 11 heavy (non-hydrogen) atoms. The molecule has 0 fully saturated rings. The minimum Gasteiger partial charge on any atom is -0.325 e. The van der Waals surface area contributed by atoms with Crippen molar-refractivity contribution in [2.45, 2.75) is 20.0 Å². The van der Waals surface area contributed by atoms with Gasteiger partial charge in [0.25, 0.3) is 0 Å². The number of aryl methyl sites for hydroxylation is 1. The molecular formula is C8H11N3. The first-order valence-corrected chi connectivity index (χ1v) is 3.44. The standard InChI is InChI=1S/C8H11N3/c1-3-4-11-7(2)10-6-8(11)5-9/h1,6H,4-5,9H2,2H3. The van der Waals surface area contributed by atoms with Gasteiger partial charge < -0.3 is 10.3 Å². The van der Waals surface area contributed by atoms with Crippen LogP contribution in [0, 0.1) is 19.3 Å². The normalized spacial score (nSPS) is 9.55. The molecule has 0 aliphatic heterocycles. The molecule has 0 aromatic carbocycles. The maximum absolute atomic E-state index is 5.46. The van der Waals surface area contributed by atoms with Crippen molar-refractivity contribution in [1.82, 2.24) is 9.55 Å².